The maximum atomic E-state index is 11.9. The van der Waals surface area contributed by atoms with Crippen molar-refractivity contribution in [3.05, 3.63) is 5.92 Å². The van der Waals surface area contributed by atoms with E-state index in [-0.39, 0.29) is 58.8 Å². The van der Waals surface area contributed by atoms with Gasteiger partial charge in [0.1, 0.15) is 0 Å². The number of esters is 1. The van der Waals surface area contributed by atoms with Gasteiger partial charge in [0.2, 0.25) is 0 Å². The Morgan fingerprint density at radius 2 is 1.76 bits per heavy atom. The van der Waals surface area contributed by atoms with Crippen LogP contribution in [0.5, 0.6) is 0 Å². The molecule has 0 aromatic rings. The first-order valence-electron chi connectivity index (χ1n) is 11.6. The fourth-order valence-electron chi connectivity index (χ4n) is 3.77. The summed E-state index contributed by atoms with van der Waals surface area (Å²) in [7, 11) is -3.52. The first kappa shape index (κ1) is 34.1. The first-order chi connectivity index (χ1) is 14.4. The van der Waals surface area contributed by atoms with E-state index in [0.29, 0.717) is 31.3 Å². The van der Waals surface area contributed by atoms with Crippen molar-refractivity contribution in [1.82, 2.24) is 0 Å². The van der Waals surface area contributed by atoms with Gasteiger partial charge in [-0.2, -0.15) is 15.3 Å². The molecule has 5 unspecified atom stereocenters. The van der Waals surface area contributed by atoms with Gasteiger partial charge in [0.25, 0.3) is 10.1 Å². The van der Waals surface area contributed by atoms with Gasteiger partial charge in [-0.1, -0.05) is 62.8 Å². The summed E-state index contributed by atoms with van der Waals surface area (Å²) in [5.74, 6) is 1.74. The molecule has 1 aliphatic heterocycles. The fourth-order valence-corrected chi connectivity index (χ4v) is 4.69. The Bertz CT molecular complexity index is 701. The van der Waals surface area contributed by atoms with Crippen LogP contribution >= 0.6 is 22.6 Å². The van der Waals surface area contributed by atoms with Crippen molar-refractivity contribution in [3.63, 3.8) is 0 Å². The van der Waals surface area contributed by atoms with Gasteiger partial charge >= 0.3 is 5.97 Å². The van der Waals surface area contributed by atoms with Crippen molar-refractivity contribution >= 4 is 38.7 Å². The number of halogens is 1. The molecule has 0 saturated carbocycles. The molecule has 0 spiro atoms. The largest absolute Gasteiger partial charge is 0.465 e. The zero-order valence-corrected chi connectivity index (χ0v) is 29.0. The average molecular weight is 826 g/mol. The third-order valence-electron chi connectivity index (χ3n) is 6.45. The van der Waals surface area contributed by atoms with E-state index >= 15 is 0 Å². The zero-order valence-electron chi connectivity index (χ0n) is 21.9. The van der Waals surface area contributed by atoms with Crippen LogP contribution in [-0.2, 0) is 28.6 Å². The fraction of sp³-hybridized carbons (Fsp3) is 0.917. The van der Waals surface area contributed by atoms with E-state index in [9.17, 15) is 13.2 Å². The first-order valence-corrected chi connectivity index (χ1v) is 14.5. The Morgan fingerprint density at radius 3 is 2.24 bits per heavy atom. The van der Waals surface area contributed by atoms with Crippen LogP contribution < -0.4 is 0 Å². The van der Waals surface area contributed by atoms with Crippen LogP contribution in [0.4, 0.5) is 0 Å². The SMILES string of the molecule is C[C-]1C(CCC(CC(C)C(C)(C)I)OS(C)(=O)=O)OC(CCCOC(=O)C(C)(C)C)C1C.[U]. The molecular weight excluding hydrogens is 781 g/mol. The predicted octanol–water partition coefficient (Wildman–Crippen LogP) is 5.72. The number of rotatable bonds is 12. The Kier molecular flexibility index (Phi) is 14.6. The van der Waals surface area contributed by atoms with Crippen molar-refractivity contribution in [2.45, 2.75) is 109 Å². The topological polar surface area (TPSA) is 78.9 Å². The molecule has 1 saturated heterocycles. The van der Waals surface area contributed by atoms with Gasteiger partial charge in [-0.25, -0.2) is 0 Å². The van der Waals surface area contributed by atoms with Gasteiger partial charge in [0, 0.05) is 40.6 Å². The molecule has 33 heavy (non-hydrogen) atoms. The number of carbonyl (C=O) groups excluding carboxylic acids is 1. The maximum Gasteiger partial charge on any atom is 0.311 e. The third-order valence-corrected chi connectivity index (χ3v) is 8.14. The smallest absolute Gasteiger partial charge is 0.311 e. The van der Waals surface area contributed by atoms with Gasteiger partial charge in [-0.05, 0) is 52.4 Å². The number of alkyl halides is 1. The summed E-state index contributed by atoms with van der Waals surface area (Å²) in [5.41, 5.74) is -0.485. The minimum Gasteiger partial charge on any atom is -0.465 e. The summed E-state index contributed by atoms with van der Waals surface area (Å²) in [5, 5.41) is 0. The molecule has 0 aromatic carbocycles. The van der Waals surface area contributed by atoms with E-state index in [1.807, 2.05) is 20.8 Å². The summed E-state index contributed by atoms with van der Waals surface area (Å²) in [6, 6.07) is 0. The molecule has 1 rings (SSSR count). The van der Waals surface area contributed by atoms with Crippen LogP contribution in [0.15, 0.2) is 0 Å². The Morgan fingerprint density at radius 1 is 1.18 bits per heavy atom. The maximum absolute atomic E-state index is 11.9. The molecule has 0 aromatic heterocycles. The van der Waals surface area contributed by atoms with Gasteiger partial charge < -0.3 is 9.47 Å². The van der Waals surface area contributed by atoms with Gasteiger partial charge in [0.15, 0.2) is 0 Å². The zero-order chi connectivity index (χ0) is 24.9. The van der Waals surface area contributed by atoms with Gasteiger partial charge in [0.05, 0.1) is 24.4 Å². The summed E-state index contributed by atoms with van der Waals surface area (Å²) in [4.78, 5) is 11.9. The molecule has 1 heterocycles. The Hall–Kier alpha value is 1.12. The molecule has 194 valence electrons. The van der Waals surface area contributed by atoms with E-state index in [2.05, 4.69) is 57.2 Å². The standard InChI is InChI=1S/C24H44IO6S.U/c1-16(24(7,8)25)15-19(31-32(9,27)28)12-13-21-18(3)17(2)20(30-21)11-10-14-29-22(26)23(4,5)6;/h16-17,19-21H,10-15H2,1-9H3;/q-1;. The molecule has 0 bridgehead atoms. The number of carbonyl (C=O) groups is 1. The van der Waals surface area contributed by atoms with E-state index in [4.69, 9.17) is 13.7 Å². The summed E-state index contributed by atoms with van der Waals surface area (Å²) in [6.07, 6.45) is 4.51. The van der Waals surface area contributed by atoms with Crippen molar-refractivity contribution in [2.75, 3.05) is 12.9 Å². The molecule has 0 aliphatic carbocycles. The Balaban J connectivity index is 0.0000102. The number of hydrogen-bond acceptors (Lipinski definition) is 6. The van der Waals surface area contributed by atoms with Crippen LogP contribution in [0.25, 0.3) is 0 Å². The average Bonchev–Trinajstić information content (AvgIpc) is 2.88. The minimum absolute atomic E-state index is 0. The van der Waals surface area contributed by atoms with Crippen LogP contribution in [0.1, 0.15) is 87.5 Å². The second-order valence-electron chi connectivity index (χ2n) is 10.9. The molecule has 5 atom stereocenters. The van der Waals surface area contributed by atoms with Crippen molar-refractivity contribution in [1.29, 1.82) is 0 Å². The van der Waals surface area contributed by atoms with Crippen molar-refractivity contribution in [3.8, 4) is 0 Å². The van der Waals surface area contributed by atoms with Gasteiger partial charge in [-0.15, -0.1) is 5.92 Å². The second kappa shape index (κ2) is 14.2. The van der Waals surface area contributed by atoms with Crippen molar-refractivity contribution in [2.24, 2.45) is 17.3 Å². The van der Waals surface area contributed by atoms with Crippen LogP contribution in [0.2, 0.25) is 0 Å². The monoisotopic (exact) mass is 825 g/mol. The molecule has 0 amide bonds. The number of ether oxygens (including phenoxy) is 2. The van der Waals surface area contributed by atoms with Gasteiger partial charge in [-0.3, -0.25) is 14.9 Å². The molecule has 0 radical (unpaired) electrons. The normalized spacial score (nSPS) is 24.2. The van der Waals surface area contributed by atoms with Crippen LogP contribution in [0, 0.1) is 54.3 Å². The van der Waals surface area contributed by atoms with Crippen LogP contribution in [0.3, 0.4) is 0 Å². The predicted molar refractivity (Wildman–Crippen MR) is 137 cm³/mol. The molecule has 6 nitrogen and oxygen atoms in total. The van der Waals surface area contributed by atoms with Crippen molar-refractivity contribution < 1.29 is 58.0 Å². The van der Waals surface area contributed by atoms with E-state index in [1.165, 1.54) is 5.92 Å². The van der Waals surface area contributed by atoms with E-state index < -0.39 is 15.5 Å². The summed E-state index contributed by atoms with van der Waals surface area (Å²) < 4.78 is 40.8. The third kappa shape index (κ3) is 12.8. The molecule has 1 aliphatic rings. The number of hydrogen-bond donors (Lipinski definition) is 0. The van der Waals surface area contributed by atoms with Crippen LogP contribution in [-0.4, -0.2) is 49.0 Å². The quantitative estimate of drug-likeness (QED) is 0.0627. The summed E-state index contributed by atoms with van der Waals surface area (Å²) in [6.45, 7) is 16.7. The molecular formula is C24H44IO6SU-. The Labute approximate surface area is 240 Å². The van der Waals surface area contributed by atoms with E-state index in [0.717, 1.165) is 25.5 Å². The minimum atomic E-state index is -3.52. The molecule has 9 heteroatoms. The summed E-state index contributed by atoms with van der Waals surface area (Å²) >= 11 is 2.41. The molecule has 1 fully saturated rings. The van der Waals surface area contributed by atoms with E-state index in [1.54, 1.807) is 0 Å². The molecule has 0 N–H and O–H groups in total. The second-order valence-corrected chi connectivity index (χ2v) is 15.3.